The molecule has 1 unspecified atom stereocenters. The number of methoxy groups -OCH3 is 2. The van der Waals surface area contributed by atoms with E-state index in [1.165, 1.54) is 14.2 Å². The topological polar surface area (TPSA) is 56.8 Å². The van der Waals surface area contributed by atoms with Crippen LogP contribution in [0.5, 0.6) is 11.5 Å². The Bertz CT molecular complexity index is 633. The summed E-state index contributed by atoms with van der Waals surface area (Å²) in [7, 11) is 3.02. The normalized spacial score (nSPS) is 18.9. The molecule has 1 aromatic rings. The van der Waals surface area contributed by atoms with Gasteiger partial charge in [0.15, 0.2) is 11.5 Å². The third kappa shape index (κ3) is 5.38. The van der Waals surface area contributed by atoms with Gasteiger partial charge >= 0.3 is 6.09 Å². The van der Waals surface area contributed by atoms with E-state index in [1.807, 2.05) is 0 Å². The zero-order valence-electron chi connectivity index (χ0n) is 17.8. The lowest BCUT2D eigenvalue weighted by Crippen LogP contribution is -2.27. The second kappa shape index (κ2) is 8.30. The van der Waals surface area contributed by atoms with Crippen LogP contribution in [0, 0.1) is 5.89 Å². The van der Waals surface area contributed by atoms with Crippen molar-refractivity contribution >= 4 is 6.09 Å². The maximum absolute atomic E-state index is 11.8. The summed E-state index contributed by atoms with van der Waals surface area (Å²) in [5.74, 6) is -1.51. The van der Waals surface area contributed by atoms with Crippen LogP contribution >= 0.6 is 0 Å². The summed E-state index contributed by atoms with van der Waals surface area (Å²) >= 11 is 0. The van der Waals surface area contributed by atoms with Gasteiger partial charge in [0.05, 0.1) is 23.5 Å². The number of amides is 1. The SMILES string of the molecule is [2H]C([2H])([2H])C([2H])(C)C([2H])([2H])OC(=O)NCCc1ccc(OC)c(OC)c1. The molecular weight excluding hydrogens is 258 g/mol. The molecule has 1 N–H and O–H groups in total. The van der Waals surface area contributed by atoms with Crippen molar-refractivity contribution in [3.8, 4) is 11.5 Å². The van der Waals surface area contributed by atoms with Gasteiger partial charge in [0.2, 0.25) is 0 Å². The Balaban J connectivity index is 2.62. The Morgan fingerprint density at radius 3 is 2.85 bits per heavy atom. The minimum absolute atomic E-state index is 0.118. The van der Waals surface area contributed by atoms with Crippen LogP contribution in [0.3, 0.4) is 0 Å². The fraction of sp³-hybridized carbons (Fsp3) is 0.533. The number of hydrogen-bond acceptors (Lipinski definition) is 4. The second-order valence-corrected chi connectivity index (χ2v) is 3.98. The molecule has 20 heavy (non-hydrogen) atoms. The highest BCUT2D eigenvalue weighted by Crippen LogP contribution is 2.27. The van der Waals surface area contributed by atoms with Crippen LogP contribution in [0.25, 0.3) is 0 Å². The zero-order chi connectivity index (χ0) is 20.2. The molecule has 0 radical (unpaired) electrons. The minimum atomic E-state index is -2.99. The van der Waals surface area contributed by atoms with Crippen LogP contribution in [0.1, 0.15) is 27.6 Å². The van der Waals surface area contributed by atoms with E-state index >= 15 is 0 Å². The molecule has 0 heterocycles. The number of rotatable bonds is 7. The number of carbonyl (C=O) groups excluding carboxylic acids is 1. The van der Waals surface area contributed by atoms with E-state index in [-0.39, 0.29) is 6.54 Å². The molecule has 0 saturated heterocycles. The van der Waals surface area contributed by atoms with Crippen molar-refractivity contribution in [2.75, 3.05) is 27.3 Å². The van der Waals surface area contributed by atoms with Gasteiger partial charge in [-0.05, 0) is 30.0 Å². The van der Waals surface area contributed by atoms with Crippen LogP contribution in [0.15, 0.2) is 18.2 Å². The summed E-state index contributed by atoms with van der Waals surface area (Å²) in [5, 5.41) is 2.34. The van der Waals surface area contributed by atoms with E-state index in [0.717, 1.165) is 12.5 Å². The van der Waals surface area contributed by atoms with Crippen LogP contribution in [-0.4, -0.2) is 33.4 Å². The highest BCUT2D eigenvalue weighted by atomic mass is 16.5. The van der Waals surface area contributed by atoms with Crippen molar-refractivity contribution < 1.29 is 27.2 Å². The highest BCUT2D eigenvalue weighted by molar-refractivity contribution is 5.67. The van der Waals surface area contributed by atoms with Crippen molar-refractivity contribution in [1.82, 2.24) is 5.32 Å². The fourth-order valence-corrected chi connectivity index (χ4v) is 1.50. The maximum Gasteiger partial charge on any atom is 0.407 e. The molecule has 0 fully saturated rings. The average Bonchev–Trinajstić information content (AvgIpc) is 2.52. The monoisotopic (exact) mass is 287 g/mol. The molecule has 1 atom stereocenters. The Kier molecular flexibility index (Phi) is 3.78. The van der Waals surface area contributed by atoms with Gasteiger partial charge in [-0.25, -0.2) is 4.79 Å². The van der Waals surface area contributed by atoms with Crippen molar-refractivity contribution in [2.45, 2.75) is 20.2 Å². The van der Waals surface area contributed by atoms with Crippen molar-refractivity contribution in [3.63, 3.8) is 0 Å². The summed E-state index contributed by atoms with van der Waals surface area (Å²) in [6.07, 6.45) is -0.742. The first-order valence-corrected chi connectivity index (χ1v) is 6.03. The predicted molar refractivity (Wildman–Crippen MR) is 77.4 cm³/mol. The number of ether oxygens (including phenoxy) is 3. The molecule has 1 amide bonds. The molecule has 5 heteroatoms. The van der Waals surface area contributed by atoms with Crippen molar-refractivity contribution in [1.29, 1.82) is 0 Å². The van der Waals surface area contributed by atoms with E-state index in [9.17, 15) is 4.79 Å². The van der Waals surface area contributed by atoms with Gasteiger partial charge in [0, 0.05) is 12.0 Å². The largest absolute Gasteiger partial charge is 0.493 e. The zero-order valence-corrected chi connectivity index (χ0v) is 11.8. The number of hydrogen-bond donors (Lipinski definition) is 1. The van der Waals surface area contributed by atoms with Gasteiger partial charge in [-0.15, -0.1) is 0 Å². The Labute approximate surface area is 128 Å². The summed E-state index contributed by atoms with van der Waals surface area (Å²) in [4.78, 5) is 11.8. The predicted octanol–water partition coefficient (Wildman–Crippen LogP) is 2.63. The van der Waals surface area contributed by atoms with E-state index in [1.54, 1.807) is 18.2 Å². The van der Waals surface area contributed by atoms with Crippen LogP contribution in [0.2, 0.25) is 0 Å². The van der Waals surface area contributed by atoms with Gasteiger partial charge in [0.25, 0.3) is 0 Å². The Morgan fingerprint density at radius 2 is 2.20 bits per heavy atom. The molecule has 0 saturated carbocycles. The van der Waals surface area contributed by atoms with Gasteiger partial charge < -0.3 is 19.5 Å². The standard InChI is InChI=1S/C15H23NO4/c1-11(2)10-20-15(17)16-8-7-12-5-6-13(18-3)14(9-12)19-4/h5-6,9,11H,7-8,10H2,1-4H3,(H,16,17)/i1D3,10D2,11D. The maximum atomic E-state index is 11.8. The third-order valence-electron chi connectivity index (χ3n) is 2.43. The van der Waals surface area contributed by atoms with Gasteiger partial charge in [-0.2, -0.15) is 0 Å². The smallest absolute Gasteiger partial charge is 0.407 e. The number of nitrogens with one attached hydrogen (secondary N) is 1. The van der Waals surface area contributed by atoms with E-state index in [0.29, 0.717) is 17.9 Å². The van der Waals surface area contributed by atoms with E-state index in [2.05, 4.69) is 10.1 Å². The van der Waals surface area contributed by atoms with Crippen LogP contribution in [0.4, 0.5) is 4.79 Å². The van der Waals surface area contributed by atoms with Gasteiger partial charge in [0.1, 0.15) is 0 Å². The summed E-state index contributed by atoms with van der Waals surface area (Å²) in [6.45, 7) is -4.98. The molecule has 112 valence electrons. The second-order valence-electron chi connectivity index (χ2n) is 3.98. The lowest BCUT2D eigenvalue weighted by molar-refractivity contribution is 0.133. The molecule has 0 aliphatic rings. The quantitative estimate of drug-likeness (QED) is 0.837. The van der Waals surface area contributed by atoms with Crippen molar-refractivity contribution in [3.05, 3.63) is 23.8 Å². The summed E-state index contributed by atoms with van der Waals surface area (Å²) in [5.41, 5.74) is 0.832. The molecule has 0 aliphatic heterocycles. The molecule has 1 rings (SSSR count). The van der Waals surface area contributed by atoms with Gasteiger partial charge in [-0.1, -0.05) is 19.8 Å². The average molecular weight is 287 g/mol. The number of benzene rings is 1. The van der Waals surface area contributed by atoms with Gasteiger partial charge in [-0.3, -0.25) is 0 Å². The number of alkyl carbamates (subject to hydrolysis) is 1. The Hall–Kier alpha value is -1.91. The molecule has 0 aromatic heterocycles. The Morgan fingerprint density at radius 1 is 1.45 bits per heavy atom. The lowest BCUT2D eigenvalue weighted by Gasteiger charge is -2.11. The first kappa shape index (κ1) is 9.10. The lowest BCUT2D eigenvalue weighted by atomic mass is 10.1. The molecule has 1 aromatic carbocycles. The molecule has 5 nitrogen and oxygen atoms in total. The van der Waals surface area contributed by atoms with Crippen LogP contribution in [-0.2, 0) is 11.2 Å². The highest BCUT2D eigenvalue weighted by Gasteiger charge is 2.06. The van der Waals surface area contributed by atoms with Crippen molar-refractivity contribution in [2.24, 2.45) is 5.89 Å². The first-order valence-electron chi connectivity index (χ1n) is 9.03. The molecule has 0 aliphatic carbocycles. The van der Waals surface area contributed by atoms with Crippen LogP contribution < -0.4 is 14.8 Å². The van der Waals surface area contributed by atoms with E-state index in [4.69, 9.17) is 17.7 Å². The fourth-order valence-electron chi connectivity index (χ4n) is 1.50. The molecule has 0 bridgehead atoms. The first-order chi connectivity index (χ1) is 11.9. The summed E-state index contributed by atoms with van der Waals surface area (Å²) in [6, 6.07) is 5.23. The number of carbonyl (C=O) groups is 1. The molecule has 0 spiro atoms. The van der Waals surface area contributed by atoms with E-state index < -0.39 is 25.4 Å². The summed E-state index contributed by atoms with van der Waals surface area (Å²) < 4.78 is 59.5. The molecular formula is C15H23NO4. The third-order valence-corrected chi connectivity index (χ3v) is 2.43. The minimum Gasteiger partial charge on any atom is -0.493 e.